The van der Waals surface area contributed by atoms with Crippen LogP contribution in [0.15, 0.2) is 30.3 Å². The highest BCUT2D eigenvalue weighted by molar-refractivity contribution is 5.85. The maximum atomic E-state index is 13.7. The number of unbranched alkanes of at least 4 members (excludes halogenated alkanes) is 1. The van der Waals surface area contributed by atoms with Crippen molar-refractivity contribution in [3.63, 3.8) is 0 Å². The number of hydrogen-bond acceptors (Lipinski definition) is 2. The fourth-order valence-corrected chi connectivity index (χ4v) is 2.91. The van der Waals surface area contributed by atoms with Gasteiger partial charge in [0.2, 0.25) is 0 Å². The number of alkyl halides is 3. The summed E-state index contributed by atoms with van der Waals surface area (Å²) in [6, 6.07) is 8.46. The molecule has 0 aliphatic heterocycles. The first-order valence-corrected chi connectivity index (χ1v) is 8.33. The normalized spacial score (nSPS) is 12.1. The van der Waals surface area contributed by atoms with Crippen LogP contribution in [0.1, 0.15) is 36.6 Å². The fraction of sp³-hybridized carbons (Fsp3) is 0.368. The van der Waals surface area contributed by atoms with Gasteiger partial charge in [-0.25, -0.2) is 9.67 Å². The predicted molar refractivity (Wildman–Crippen MR) is 92.3 cm³/mol. The molecule has 3 nitrogen and oxygen atoms in total. The number of hydrogen-bond donors (Lipinski definition) is 0. The lowest BCUT2D eigenvalue weighted by molar-refractivity contribution is -0.136. The van der Waals surface area contributed by atoms with Crippen LogP contribution in [0, 0.1) is 13.8 Å². The quantitative estimate of drug-likeness (QED) is 0.621. The van der Waals surface area contributed by atoms with Crippen molar-refractivity contribution in [1.82, 2.24) is 14.8 Å². The van der Waals surface area contributed by atoms with Crippen LogP contribution in [0.4, 0.5) is 13.2 Å². The average molecular weight is 347 g/mol. The maximum Gasteiger partial charge on any atom is 0.417 e. The smallest absolute Gasteiger partial charge is 0.247 e. The predicted octanol–water partition coefficient (Wildman–Crippen LogP) is 5.53. The lowest BCUT2D eigenvalue weighted by atomic mass is 10.0. The number of pyridine rings is 1. The fourth-order valence-electron chi connectivity index (χ4n) is 2.91. The molecule has 0 spiro atoms. The van der Waals surface area contributed by atoms with E-state index in [2.05, 4.69) is 10.1 Å². The van der Waals surface area contributed by atoms with E-state index in [0.717, 1.165) is 24.5 Å². The molecule has 0 aliphatic rings. The number of rotatable bonds is 4. The van der Waals surface area contributed by atoms with Crippen LogP contribution in [0.25, 0.3) is 22.3 Å². The van der Waals surface area contributed by atoms with Crippen molar-refractivity contribution in [3.8, 4) is 11.3 Å². The number of halogens is 3. The Hall–Kier alpha value is -2.37. The molecule has 0 amide bonds. The highest BCUT2D eigenvalue weighted by Crippen LogP contribution is 2.38. The molecule has 0 bridgehead atoms. The molecule has 25 heavy (non-hydrogen) atoms. The zero-order chi connectivity index (χ0) is 18.2. The van der Waals surface area contributed by atoms with Crippen LogP contribution in [0.3, 0.4) is 0 Å². The standard InChI is InChI=1S/C19H20F3N3/c1-4-5-10-25-18-17(13(3)24-25)15(19(20,21)22)11-16(23-18)14-8-6-12(2)7-9-14/h6-9,11H,4-5,10H2,1-3H3. The van der Waals surface area contributed by atoms with Crippen LogP contribution in [0.2, 0.25) is 0 Å². The van der Waals surface area contributed by atoms with Crippen molar-refractivity contribution in [2.24, 2.45) is 0 Å². The lowest BCUT2D eigenvalue weighted by Gasteiger charge is -2.12. The zero-order valence-corrected chi connectivity index (χ0v) is 14.5. The van der Waals surface area contributed by atoms with Gasteiger partial charge in [0.1, 0.15) is 0 Å². The van der Waals surface area contributed by atoms with E-state index < -0.39 is 11.7 Å². The third-order valence-corrected chi connectivity index (χ3v) is 4.25. The monoisotopic (exact) mass is 347 g/mol. The summed E-state index contributed by atoms with van der Waals surface area (Å²) in [5.41, 5.74) is 2.02. The van der Waals surface area contributed by atoms with Crippen molar-refractivity contribution in [2.45, 2.75) is 46.3 Å². The van der Waals surface area contributed by atoms with E-state index in [1.807, 2.05) is 26.0 Å². The summed E-state index contributed by atoms with van der Waals surface area (Å²) in [7, 11) is 0. The second-order valence-corrected chi connectivity index (χ2v) is 6.28. The molecule has 6 heteroatoms. The van der Waals surface area contributed by atoms with Crippen molar-refractivity contribution in [3.05, 3.63) is 47.2 Å². The first-order chi connectivity index (χ1) is 11.8. The number of aryl methyl sites for hydroxylation is 3. The van der Waals surface area contributed by atoms with Gasteiger partial charge in [0.15, 0.2) is 5.65 Å². The minimum absolute atomic E-state index is 0.0967. The van der Waals surface area contributed by atoms with E-state index in [1.54, 1.807) is 23.7 Å². The summed E-state index contributed by atoms with van der Waals surface area (Å²) < 4.78 is 42.6. The van der Waals surface area contributed by atoms with Gasteiger partial charge in [-0.1, -0.05) is 43.2 Å². The van der Waals surface area contributed by atoms with Gasteiger partial charge in [-0.15, -0.1) is 0 Å². The largest absolute Gasteiger partial charge is 0.417 e. The molecule has 0 N–H and O–H groups in total. The Morgan fingerprint density at radius 3 is 2.36 bits per heavy atom. The van der Waals surface area contributed by atoms with E-state index in [4.69, 9.17) is 0 Å². The number of fused-ring (bicyclic) bond motifs is 1. The Bertz CT molecular complexity index is 893. The van der Waals surface area contributed by atoms with Crippen molar-refractivity contribution >= 4 is 11.0 Å². The summed E-state index contributed by atoms with van der Waals surface area (Å²) in [6.07, 6.45) is -2.68. The molecule has 2 heterocycles. The molecule has 0 fully saturated rings. The van der Waals surface area contributed by atoms with Gasteiger partial charge in [-0.05, 0) is 26.3 Å². The second-order valence-electron chi connectivity index (χ2n) is 6.28. The van der Waals surface area contributed by atoms with E-state index >= 15 is 0 Å². The van der Waals surface area contributed by atoms with Crippen molar-refractivity contribution < 1.29 is 13.2 Å². The summed E-state index contributed by atoms with van der Waals surface area (Å²) >= 11 is 0. The van der Waals surface area contributed by atoms with Gasteiger partial charge in [0, 0.05) is 12.1 Å². The molecule has 3 aromatic rings. The number of benzene rings is 1. The number of nitrogens with zero attached hydrogens (tertiary/aromatic N) is 3. The van der Waals surface area contributed by atoms with Crippen LogP contribution in [-0.2, 0) is 12.7 Å². The Morgan fingerprint density at radius 2 is 1.76 bits per heavy atom. The van der Waals surface area contributed by atoms with Gasteiger partial charge in [-0.3, -0.25) is 0 Å². The summed E-state index contributed by atoms with van der Waals surface area (Å²) in [5.74, 6) is 0. The van der Waals surface area contributed by atoms with Crippen molar-refractivity contribution in [1.29, 1.82) is 0 Å². The molecule has 2 aromatic heterocycles. The van der Waals surface area contributed by atoms with Crippen LogP contribution in [-0.4, -0.2) is 14.8 Å². The Morgan fingerprint density at radius 1 is 1.08 bits per heavy atom. The third kappa shape index (κ3) is 3.38. The SMILES string of the molecule is CCCCn1nc(C)c2c(C(F)(F)F)cc(-c3ccc(C)cc3)nc21. The Kier molecular flexibility index (Phi) is 4.54. The van der Waals surface area contributed by atoms with E-state index in [0.29, 0.717) is 29.1 Å². The first-order valence-electron chi connectivity index (χ1n) is 8.33. The van der Waals surface area contributed by atoms with Gasteiger partial charge in [0.25, 0.3) is 0 Å². The molecule has 0 unspecified atom stereocenters. The molecule has 0 radical (unpaired) electrons. The van der Waals surface area contributed by atoms with Crippen LogP contribution < -0.4 is 0 Å². The summed E-state index contributed by atoms with van der Waals surface area (Å²) in [4.78, 5) is 4.52. The first kappa shape index (κ1) is 17.5. The molecule has 1 aromatic carbocycles. The number of aromatic nitrogens is 3. The van der Waals surface area contributed by atoms with E-state index in [-0.39, 0.29) is 5.39 Å². The van der Waals surface area contributed by atoms with E-state index in [9.17, 15) is 13.2 Å². The van der Waals surface area contributed by atoms with Crippen LogP contribution >= 0.6 is 0 Å². The molecule has 0 saturated heterocycles. The maximum absolute atomic E-state index is 13.7. The Labute approximate surface area is 144 Å². The van der Waals surface area contributed by atoms with Gasteiger partial charge in [0.05, 0.1) is 22.3 Å². The van der Waals surface area contributed by atoms with Gasteiger partial charge < -0.3 is 0 Å². The molecular weight excluding hydrogens is 327 g/mol. The minimum atomic E-state index is -4.45. The Balaban J connectivity index is 2.27. The highest BCUT2D eigenvalue weighted by Gasteiger charge is 2.35. The molecule has 0 aliphatic carbocycles. The van der Waals surface area contributed by atoms with Crippen molar-refractivity contribution in [2.75, 3.05) is 0 Å². The molecule has 132 valence electrons. The topological polar surface area (TPSA) is 30.7 Å². The molecule has 0 saturated carbocycles. The summed E-state index contributed by atoms with van der Waals surface area (Å²) in [6.45, 7) is 6.13. The summed E-state index contributed by atoms with van der Waals surface area (Å²) in [5, 5.41) is 4.40. The molecular formula is C19H20F3N3. The van der Waals surface area contributed by atoms with E-state index in [1.165, 1.54) is 0 Å². The van der Waals surface area contributed by atoms with Crippen LogP contribution in [0.5, 0.6) is 0 Å². The lowest BCUT2D eigenvalue weighted by Crippen LogP contribution is -2.08. The van der Waals surface area contributed by atoms with Gasteiger partial charge in [-0.2, -0.15) is 18.3 Å². The second kappa shape index (κ2) is 6.50. The minimum Gasteiger partial charge on any atom is -0.247 e. The molecule has 3 rings (SSSR count). The highest BCUT2D eigenvalue weighted by atomic mass is 19.4. The van der Waals surface area contributed by atoms with Gasteiger partial charge >= 0.3 is 6.18 Å². The third-order valence-electron chi connectivity index (χ3n) is 4.25. The average Bonchev–Trinajstić information content (AvgIpc) is 2.88. The zero-order valence-electron chi connectivity index (χ0n) is 14.5. The molecule has 0 atom stereocenters.